The van der Waals surface area contributed by atoms with Crippen molar-refractivity contribution in [3.8, 4) is 0 Å². The molecule has 0 bridgehead atoms. The zero-order valence-electron chi connectivity index (χ0n) is 13.9. The van der Waals surface area contributed by atoms with Gasteiger partial charge in [-0.3, -0.25) is 5.41 Å². The fourth-order valence-corrected chi connectivity index (χ4v) is 1.69. The third-order valence-electron chi connectivity index (χ3n) is 3.24. The smallest absolute Gasteiger partial charge is 0.0920 e. The minimum absolute atomic E-state index is 0.227. The molecule has 6 heteroatoms. The third kappa shape index (κ3) is 14.0. The molecule has 0 rings (SSSR count). The second-order valence-corrected chi connectivity index (χ2v) is 5.25. The van der Waals surface area contributed by atoms with E-state index in [0.29, 0.717) is 39.5 Å². The summed E-state index contributed by atoms with van der Waals surface area (Å²) in [5.41, 5.74) is 5.39. The maximum absolute atomic E-state index is 7.27. The van der Waals surface area contributed by atoms with Crippen molar-refractivity contribution in [2.75, 3.05) is 53.2 Å². The van der Waals surface area contributed by atoms with Crippen LogP contribution < -0.4 is 5.73 Å². The summed E-state index contributed by atoms with van der Waals surface area (Å²) in [7, 11) is 2.01. The first-order valence-corrected chi connectivity index (χ1v) is 7.84. The average Bonchev–Trinajstić information content (AvgIpc) is 2.43. The first-order valence-electron chi connectivity index (χ1n) is 7.84. The Kier molecular flexibility index (Phi) is 13.8. The van der Waals surface area contributed by atoms with Crippen molar-refractivity contribution in [2.45, 2.75) is 39.2 Å². The van der Waals surface area contributed by atoms with Crippen LogP contribution in [0.25, 0.3) is 0 Å². The van der Waals surface area contributed by atoms with Gasteiger partial charge in [0.25, 0.3) is 0 Å². The summed E-state index contributed by atoms with van der Waals surface area (Å²) in [6.45, 7) is 9.00. The van der Waals surface area contributed by atoms with Crippen molar-refractivity contribution in [1.82, 2.24) is 4.90 Å². The normalized spacial score (nSPS) is 12.8. The van der Waals surface area contributed by atoms with Gasteiger partial charge in [0.15, 0.2) is 0 Å². The van der Waals surface area contributed by atoms with Gasteiger partial charge in [0.2, 0.25) is 0 Å². The Labute approximate surface area is 129 Å². The van der Waals surface area contributed by atoms with E-state index in [-0.39, 0.29) is 11.9 Å². The van der Waals surface area contributed by atoms with E-state index in [0.717, 1.165) is 26.0 Å². The highest BCUT2D eigenvalue weighted by atomic mass is 16.5. The van der Waals surface area contributed by atoms with Crippen LogP contribution in [0.3, 0.4) is 0 Å². The molecule has 0 aliphatic heterocycles. The van der Waals surface area contributed by atoms with Gasteiger partial charge in [-0.15, -0.1) is 0 Å². The highest BCUT2D eigenvalue weighted by molar-refractivity contribution is 5.77. The molecule has 0 aromatic carbocycles. The van der Waals surface area contributed by atoms with Crippen LogP contribution in [0, 0.1) is 5.41 Å². The zero-order valence-corrected chi connectivity index (χ0v) is 13.9. The van der Waals surface area contributed by atoms with Crippen molar-refractivity contribution >= 4 is 5.84 Å². The number of rotatable bonds is 15. The SMILES string of the molecule is CCCCOCCOCCOCCN(C)C(C)CC(=N)N. The lowest BCUT2D eigenvalue weighted by atomic mass is 10.2. The molecule has 21 heavy (non-hydrogen) atoms. The van der Waals surface area contributed by atoms with Gasteiger partial charge < -0.3 is 24.8 Å². The first kappa shape index (κ1) is 20.3. The third-order valence-corrected chi connectivity index (χ3v) is 3.24. The molecule has 1 atom stereocenters. The molecule has 6 nitrogen and oxygen atoms in total. The van der Waals surface area contributed by atoms with E-state index in [4.69, 9.17) is 25.4 Å². The number of nitrogens with two attached hydrogens (primary N) is 1. The molecule has 0 spiro atoms. The van der Waals surface area contributed by atoms with Gasteiger partial charge >= 0.3 is 0 Å². The summed E-state index contributed by atoms with van der Waals surface area (Å²) in [6.07, 6.45) is 2.87. The molecule has 0 aromatic rings. The van der Waals surface area contributed by atoms with Gasteiger partial charge in [0.05, 0.1) is 38.9 Å². The molecule has 3 N–H and O–H groups in total. The Balaban J connectivity index is 3.26. The molecule has 1 unspecified atom stereocenters. The molecule has 0 aliphatic rings. The molecule has 0 aliphatic carbocycles. The fraction of sp³-hybridized carbons (Fsp3) is 0.933. The molecule has 0 saturated heterocycles. The lowest BCUT2D eigenvalue weighted by Crippen LogP contribution is -2.35. The predicted octanol–water partition coefficient (Wildman–Crippen LogP) is 1.48. The van der Waals surface area contributed by atoms with Gasteiger partial charge in [-0.05, 0) is 20.4 Å². The Morgan fingerprint density at radius 1 is 1.05 bits per heavy atom. The van der Waals surface area contributed by atoms with Crippen LogP contribution in [0.15, 0.2) is 0 Å². The minimum atomic E-state index is 0.227. The number of hydrogen-bond acceptors (Lipinski definition) is 5. The van der Waals surface area contributed by atoms with E-state index in [1.807, 2.05) is 7.05 Å². The van der Waals surface area contributed by atoms with Crippen LogP contribution in [-0.4, -0.2) is 70.0 Å². The molecule has 0 amide bonds. The Bertz CT molecular complexity index is 252. The van der Waals surface area contributed by atoms with Crippen molar-refractivity contribution in [3.63, 3.8) is 0 Å². The molecule has 0 radical (unpaired) electrons. The van der Waals surface area contributed by atoms with Crippen LogP contribution in [0.2, 0.25) is 0 Å². The monoisotopic (exact) mass is 303 g/mol. The molecule has 126 valence electrons. The number of unbranched alkanes of at least 4 members (excludes halogenated alkanes) is 1. The van der Waals surface area contributed by atoms with E-state index in [1.165, 1.54) is 0 Å². The molecule has 0 aromatic heterocycles. The summed E-state index contributed by atoms with van der Waals surface area (Å²) in [4.78, 5) is 2.14. The number of nitrogens with zero attached hydrogens (tertiary/aromatic N) is 1. The topological polar surface area (TPSA) is 80.8 Å². The van der Waals surface area contributed by atoms with Crippen LogP contribution in [0.5, 0.6) is 0 Å². The number of ether oxygens (including phenoxy) is 3. The standard InChI is InChI=1S/C15H33N3O3/c1-4-5-7-19-9-11-21-12-10-20-8-6-18(3)14(2)13-15(16)17/h14H,4-13H2,1-3H3,(H3,16,17). The second-order valence-electron chi connectivity index (χ2n) is 5.25. The maximum atomic E-state index is 7.27. The van der Waals surface area contributed by atoms with Crippen molar-refractivity contribution in [3.05, 3.63) is 0 Å². The summed E-state index contributed by atoms with van der Waals surface area (Å²) in [5, 5.41) is 7.27. The predicted molar refractivity (Wildman–Crippen MR) is 86.0 cm³/mol. The molecule has 0 heterocycles. The van der Waals surface area contributed by atoms with Crippen molar-refractivity contribution in [2.24, 2.45) is 5.73 Å². The van der Waals surface area contributed by atoms with Gasteiger partial charge in [-0.25, -0.2) is 0 Å². The molecular weight excluding hydrogens is 270 g/mol. The highest BCUT2D eigenvalue weighted by Gasteiger charge is 2.09. The molecule has 0 fully saturated rings. The Morgan fingerprint density at radius 3 is 2.10 bits per heavy atom. The minimum Gasteiger partial charge on any atom is -0.388 e. The Morgan fingerprint density at radius 2 is 1.57 bits per heavy atom. The second kappa shape index (κ2) is 14.3. The molecule has 0 saturated carbocycles. The average molecular weight is 303 g/mol. The number of hydrogen-bond donors (Lipinski definition) is 2. The Hall–Kier alpha value is -0.690. The molecular formula is C15H33N3O3. The summed E-state index contributed by atoms with van der Waals surface area (Å²) in [6, 6.07) is 0.266. The van der Waals surface area contributed by atoms with E-state index < -0.39 is 0 Å². The quantitative estimate of drug-likeness (QED) is 0.272. The van der Waals surface area contributed by atoms with Gasteiger partial charge in [0, 0.05) is 25.6 Å². The lowest BCUT2D eigenvalue weighted by Gasteiger charge is -2.23. The lowest BCUT2D eigenvalue weighted by molar-refractivity contribution is 0.00993. The highest BCUT2D eigenvalue weighted by Crippen LogP contribution is 1.99. The largest absolute Gasteiger partial charge is 0.388 e. The first-order chi connectivity index (χ1) is 10.1. The van der Waals surface area contributed by atoms with Crippen molar-refractivity contribution in [1.29, 1.82) is 5.41 Å². The van der Waals surface area contributed by atoms with E-state index in [9.17, 15) is 0 Å². The summed E-state index contributed by atoms with van der Waals surface area (Å²) in [5.74, 6) is 0.227. The maximum Gasteiger partial charge on any atom is 0.0920 e. The number of likely N-dealkylation sites (N-methyl/N-ethyl adjacent to an activating group) is 1. The number of amidine groups is 1. The number of nitrogens with one attached hydrogen (secondary N) is 1. The van der Waals surface area contributed by atoms with Gasteiger partial charge in [-0.1, -0.05) is 13.3 Å². The summed E-state index contributed by atoms with van der Waals surface area (Å²) >= 11 is 0. The fourth-order valence-electron chi connectivity index (χ4n) is 1.69. The van der Waals surface area contributed by atoms with Crippen LogP contribution in [0.4, 0.5) is 0 Å². The van der Waals surface area contributed by atoms with Crippen LogP contribution in [-0.2, 0) is 14.2 Å². The zero-order chi connectivity index (χ0) is 15.9. The summed E-state index contributed by atoms with van der Waals surface area (Å²) < 4.78 is 16.3. The van der Waals surface area contributed by atoms with E-state index in [1.54, 1.807) is 0 Å². The van der Waals surface area contributed by atoms with Gasteiger partial charge in [0.1, 0.15) is 0 Å². The van der Waals surface area contributed by atoms with E-state index >= 15 is 0 Å². The van der Waals surface area contributed by atoms with Gasteiger partial charge in [-0.2, -0.15) is 0 Å². The van der Waals surface area contributed by atoms with Crippen molar-refractivity contribution < 1.29 is 14.2 Å². The van der Waals surface area contributed by atoms with Crippen LogP contribution >= 0.6 is 0 Å². The van der Waals surface area contributed by atoms with E-state index in [2.05, 4.69) is 18.7 Å². The van der Waals surface area contributed by atoms with Crippen LogP contribution in [0.1, 0.15) is 33.1 Å².